The monoisotopic (exact) mass is 830 g/mol. The molecule has 1 N–H and O–H groups in total. The van der Waals surface area contributed by atoms with Gasteiger partial charge >= 0.3 is 0 Å². The number of imide groups is 2. The third-order valence-electron chi connectivity index (χ3n) is 14.0. The van der Waals surface area contributed by atoms with Gasteiger partial charge in [-0.1, -0.05) is 11.6 Å². The molecule has 1 unspecified atom stereocenters. The van der Waals surface area contributed by atoms with Crippen molar-refractivity contribution in [3.05, 3.63) is 87.9 Å². The summed E-state index contributed by atoms with van der Waals surface area (Å²) in [6.07, 6.45) is 7.41. The molecule has 3 aromatic rings. The highest BCUT2D eigenvalue weighted by Gasteiger charge is 2.45. The number of nitrogens with one attached hydrogen (secondary N) is 1. The number of amides is 5. The number of benzene rings is 3. The zero-order valence-electron chi connectivity index (χ0n) is 33.9. The van der Waals surface area contributed by atoms with Gasteiger partial charge < -0.3 is 24.5 Å². The van der Waals surface area contributed by atoms with Crippen LogP contribution in [0.15, 0.2) is 60.7 Å². The first kappa shape index (κ1) is 40.0. The highest BCUT2D eigenvalue weighted by molar-refractivity contribution is 6.32. The number of nitrogens with zero attached hydrogens (tertiary/aromatic N) is 7. The van der Waals surface area contributed by atoms with E-state index in [0.29, 0.717) is 27.8 Å². The van der Waals surface area contributed by atoms with E-state index >= 15 is 0 Å². The Balaban J connectivity index is 0.727. The van der Waals surface area contributed by atoms with Crippen molar-refractivity contribution in [2.45, 2.75) is 69.9 Å². The molecule has 312 valence electrons. The Kier molecular flexibility index (Phi) is 11.0. The summed E-state index contributed by atoms with van der Waals surface area (Å²) in [6, 6.07) is 20.9. The van der Waals surface area contributed by atoms with Gasteiger partial charge in [0.25, 0.3) is 17.7 Å². The Bertz CT molecular complexity index is 2230. The minimum atomic E-state index is -0.974. The van der Waals surface area contributed by atoms with Crippen LogP contribution in [0, 0.1) is 16.7 Å². The number of carbonyl (C=O) groups excluding carboxylic acids is 5. The van der Waals surface area contributed by atoms with Crippen molar-refractivity contribution in [2.75, 3.05) is 80.1 Å². The molecule has 5 amide bonds. The topological polar surface area (TPSA) is 141 Å². The van der Waals surface area contributed by atoms with Crippen molar-refractivity contribution in [3.8, 4) is 6.07 Å². The fourth-order valence-electron chi connectivity index (χ4n) is 10.5. The molecule has 6 heterocycles. The molecule has 6 aliphatic heterocycles. The average molecular weight is 831 g/mol. The number of anilines is 3. The molecule has 0 aliphatic carbocycles. The summed E-state index contributed by atoms with van der Waals surface area (Å²) in [5, 5.41) is 12.0. The summed E-state index contributed by atoms with van der Waals surface area (Å²) in [7, 11) is 0. The molecule has 5 fully saturated rings. The summed E-state index contributed by atoms with van der Waals surface area (Å²) >= 11 is 6.34. The van der Waals surface area contributed by atoms with Crippen LogP contribution in [0.3, 0.4) is 0 Å². The Morgan fingerprint density at radius 2 is 1.32 bits per heavy atom. The maximum absolute atomic E-state index is 13.7. The molecule has 14 heteroatoms. The van der Waals surface area contributed by atoms with Crippen molar-refractivity contribution in [1.82, 2.24) is 20.0 Å². The number of rotatable bonds is 6. The van der Waals surface area contributed by atoms with E-state index in [1.54, 1.807) is 12.1 Å². The number of piperidine rings is 3. The Morgan fingerprint density at radius 3 is 1.98 bits per heavy atom. The summed E-state index contributed by atoms with van der Waals surface area (Å²) in [5.41, 5.74) is 5.29. The second kappa shape index (κ2) is 16.5. The largest absolute Gasteiger partial charge is 0.371 e. The maximum atomic E-state index is 13.7. The molecular weight excluding hydrogens is 780 g/mol. The molecular formula is C46H51ClN8O5. The van der Waals surface area contributed by atoms with Crippen LogP contribution < -0.4 is 20.0 Å². The van der Waals surface area contributed by atoms with E-state index < -0.39 is 29.7 Å². The van der Waals surface area contributed by atoms with Crippen LogP contribution in [-0.2, 0) is 9.59 Å². The van der Waals surface area contributed by atoms with Crippen LogP contribution in [-0.4, -0.2) is 122 Å². The van der Waals surface area contributed by atoms with Crippen molar-refractivity contribution in [3.63, 3.8) is 0 Å². The van der Waals surface area contributed by atoms with Crippen molar-refractivity contribution in [2.24, 2.45) is 5.41 Å². The summed E-state index contributed by atoms with van der Waals surface area (Å²) in [4.78, 5) is 77.1. The fourth-order valence-corrected chi connectivity index (χ4v) is 10.7. The zero-order chi connectivity index (χ0) is 41.5. The number of hydrogen-bond donors (Lipinski definition) is 1. The number of carbonyl (C=O) groups is 5. The lowest BCUT2D eigenvalue weighted by Gasteiger charge is -2.41. The molecule has 3 aromatic carbocycles. The number of nitriles is 1. The van der Waals surface area contributed by atoms with E-state index in [1.807, 2.05) is 41.3 Å². The second-order valence-corrected chi connectivity index (χ2v) is 17.8. The molecule has 0 saturated carbocycles. The van der Waals surface area contributed by atoms with E-state index in [9.17, 15) is 29.2 Å². The van der Waals surface area contributed by atoms with Crippen LogP contribution in [0.25, 0.3) is 0 Å². The van der Waals surface area contributed by atoms with Gasteiger partial charge in [0.05, 0.1) is 21.7 Å². The minimum absolute atomic E-state index is 0.0922. The lowest BCUT2D eigenvalue weighted by molar-refractivity contribution is -0.136. The first-order valence-corrected chi connectivity index (χ1v) is 21.9. The van der Waals surface area contributed by atoms with Crippen LogP contribution >= 0.6 is 11.6 Å². The Labute approximate surface area is 355 Å². The Morgan fingerprint density at radius 1 is 0.700 bits per heavy atom. The summed E-state index contributed by atoms with van der Waals surface area (Å²) in [5.74, 6) is -1.87. The minimum Gasteiger partial charge on any atom is -0.371 e. The third-order valence-corrected chi connectivity index (χ3v) is 14.3. The van der Waals surface area contributed by atoms with E-state index in [4.69, 9.17) is 11.6 Å². The van der Waals surface area contributed by atoms with Gasteiger partial charge in [0.2, 0.25) is 11.8 Å². The van der Waals surface area contributed by atoms with Crippen molar-refractivity contribution < 1.29 is 24.0 Å². The normalized spacial score (nSPS) is 22.8. The van der Waals surface area contributed by atoms with Gasteiger partial charge in [-0.2, -0.15) is 5.26 Å². The van der Waals surface area contributed by atoms with E-state index in [2.05, 4.69) is 43.1 Å². The first-order valence-electron chi connectivity index (χ1n) is 21.5. The predicted molar refractivity (Wildman–Crippen MR) is 228 cm³/mol. The lowest BCUT2D eigenvalue weighted by atomic mass is 9.77. The van der Waals surface area contributed by atoms with E-state index in [-0.39, 0.29) is 24.2 Å². The molecule has 0 aromatic heterocycles. The highest BCUT2D eigenvalue weighted by Crippen LogP contribution is 2.43. The lowest BCUT2D eigenvalue weighted by Crippen LogP contribution is -2.54. The highest BCUT2D eigenvalue weighted by atomic mass is 35.5. The number of fused-ring (bicyclic) bond motifs is 1. The predicted octanol–water partition coefficient (Wildman–Crippen LogP) is 5.32. The molecule has 6 aliphatic rings. The second-order valence-electron chi connectivity index (χ2n) is 17.4. The smallest absolute Gasteiger partial charge is 0.262 e. The quantitative estimate of drug-likeness (QED) is 0.325. The van der Waals surface area contributed by atoms with Crippen molar-refractivity contribution >= 4 is 58.2 Å². The number of hydrogen-bond acceptors (Lipinski definition) is 10. The zero-order valence-corrected chi connectivity index (χ0v) is 34.7. The molecule has 13 nitrogen and oxygen atoms in total. The standard InChI is InChI=1S/C46H51ClN8O5/c47-39-28-36(8-5-32(39)29-48)54-26-17-46(30-54)15-24-52(25-16-46)33-6-3-31(4-7-33)43(58)53-20-1-18-50(19-2-21-53)34-13-22-51(23-14-34)35-9-10-37-38(27-35)45(60)55(44(37)59)40-11-12-41(56)49-42(40)57/h3-10,27-28,34,40H,1-2,11-26,30H2,(H,49,56,57). The fraction of sp³-hybridized carbons (Fsp3) is 0.478. The summed E-state index contributed by atoms with van der Waals surface area (Å²) in [6.45, 7) is 8.97. The summed E-state index contributed by atoms with van der Waals surface area (Å²) < 4.78 is 0. The van der Waals surface area contributed by atoms with Gasteiger partial charge in [-0.3, -0.25) is 34.2 Å². The van der Waals surface area contributed by atoms with Crippen LogP contribution in [0.1, 0.15) is 94.4 Å². The van der Waals surface area contributed by atoms with Crippen LogP contribution in [0.4, 0.5) is 17.1 Å². The van der Waals surface area contributed by atoms with Gasteiger partial charge in [-0.15, -0.1) is 0 Å². The van der Waals surface area contributed by atoms with Gasteiger partial charge in [0.1, 0.15) is 12.1 Å². The SMILES string of the molecule is N#Cc1ccc(N2CCC3(CCN(c4ccc(C(=O)N5CCCN(C6CCN(c7ccc8c(c7)C(=O)N(C7CCC(=O)NC7=O)C8=O)CC6)CCC5)cc4)CC3)C2)cc1Cl. The third kappa shape index (κ3) is 7.71. The first-order chi connectivity index (χ1) is 29.1. The molecule has 0 radical (unpaired) electrons. The van der Waals surface area contributed by atoms with E-state index in [0.717, 1.165) is 132 Å². The van der Waals surface area contributed by atoms with Crippen LogP contribution in [0.2, 0.25) is 5.02 Å². The van der Waals surface area contributed by atoms with Gasteiger partial charge in [-0.05, 0) is 117 Å². The molecule has 9 rings (SSSR count). The molecule has 1 spiro atoms. The van der Waals surface area contributed by atoms with Gasteiger partial charge in [0, 0.05) is 101 Å². The molecule has 60 heavy (non-hydrogen) atoms. The molecule has 1 atom stereocenters. The van der Waals surface area contributed by atoms with Crippen molar-refractivity contribution in [1.29, 1.82) is 5.26 Å². The Hall–Kier alpha value is -5.45. The maximum Gasteiger partial charge on any atom is 0.262 e. The average Bonchev–Trinajstić information content (AvgIpc) is 3.78. The molecule has 5 saturated heterocycles. The van der Waals surface area contributed by atoms with Crippen LogP contribution in [0.5, 0.6) is 0 Å². The van der Waals surface area contributed by atoms with E-state index in [1.165, 1.54) is 5.69 Å². The van der Waals surface area contributed by atoms with Gasteiger partial charge in [0.15, 0.2) is 0 Å². The van der Waals surface area contributed by atoms with Gasteiger partial charge in [-0.25, -0.2) is 0 Å². The number of halogens is 1. The molecule has 0 bridgehead atoms.